The highest BCUT2D eigenvalue weighted by atomic mass is 32.2. The van der Waals surface area contributed by atoms with Gasteiger partial charge in [-0.2, -0.15) is 4.57 Å². The fourth-order valence-electron chi connectivity index (χ4n) is 8.57. The first-order valence-corrected chi connectivity index (χ1v) is 19.7. The molecular weight excluding hydrogens is 540 g/mol. The maximum absolute atomic E-state index is 9.08. The van der Waals surface area contributed by atoms with Crippen LogP contribution in [0, 0.1) is 17.8 Å². The lowest BCUT2D eigenvalue weighted by molar-refractivity contribution is -0.776. The minimum absolute atomic E-state index is 0.452. The van der Waals surface area contributed by atoms with Crippen LogP contribution in [0.15, 0.2) is 24.5 Å². The van der Waals surface area contributed by atoms with E-state index < -0.39 is 10.1 Å². The predicted molar refractivity (Wildman–Crippen MR) is 176 cm³/mol. The van der Waals surface area contributed by atoms with Crippen molar-refractivity contribution in [1.82, 2.24) is 0 Å². The molecule has 4 fully saturated rings. The molecule has 42 heavy (non-hydrogen) atoms. The SMILES string of the molecule is CCCCCCCCCCN(CCCCCCCCCC)c1cc[n+](C23CC4CC(CC(C4)C2)C3)cc1.CS(=O)(=O)[O-]. The summed E-state index contributed by atoms with van der Waals surface area (Å²) in [5, 5.41) is 0. The second-order valence-electron chi connectivity index (χ2n) is 14.2. The molecule has 0 amide bonds. The zero-order valence-electron chi connectivity index (χ0n) is 27.5. The Balaban J connectivity index is 0.000000892. The third-order valence-corrected chi connectivity index (χ3v) is 10.3. The van der Waals surface area contributed by atoms with Crippen molar-refractivity contribution in [2.24, 2.45) is 17.8 Å². The van der Waals surface area contributed by atoms with Gasteiger partial charge in [-0.3, -0.25) is 0 Å². The summed E-state index contributed by atoms with van der Waals surface area (Å²) in [5.74, 6) is 3.04. The molecule has 0 unspecified atom stereocenters. The van der Waals surface area contributed by atoms with Crippen LogP contribution in [0.5, 0.6) is 0 Å². The van der Waals surface area contributed by atoms with Crippen molar-refractivity contribution in [1.29, 1.82) is 0 Å². The fourth-order valence-corrected chi connectivity index (χ4v) is 8.57. The highest BCUT2D eigenvalue weighted by Crippen LogP contribution is 2.56. The number of anilines is 1. The molecule has 1 heterocycles. The first-order valence-electron chi connectivity index (χ1n) is 17.9. The largest absolute Gasteiger partial charge is 0.748 e. The van der Waals surface area contributed by atoms with Crippen LogP contribution in [-0.4, -0.2) is 32.3 Å². The van der Waals surface area contributed by atoms with Crippen LogP contribution in [0.4, 0.5) is 5.69 Å². The maximum Gasteiger partial charge on any atom is 0.171 e. The van der Waals surface area contributed by atoms with Gasteiger partial charge < -0.3 is 9.45 Å². The van der Waals surface area contributed by atoms with Gasteiger partial charge in [0, 0.05) is 56.4 Å². The molecule has 0 saturated heterocycles. The molecule has 0 aromatic carbocycles. The van der Waals surface area contributed by atoms with Crippen LogP contribution in [-0.2, 0) is 15.7 Å². The minimum atomic E-state index is -3.92. The van der Waals surface area contributed by atoms with Crippen LogP contribution in [0.3, 0.4) is 0 Å². The third-order valence-electron chi connectivity index (χ3n) is 10.3. The average molecular weight is 605 g/mol. The van der Waals surface area contributed by atoms with E-state index in [1.165, 1.54) is 160 Å². The second-order valence-corrected chi connectivity index (χ2v) is 15.7. The normalized spacial score (nSPS) is 24.4. The summed E-state index contributed by atoms with van der Waals surface area (Å²) < 4.78 is 29.9. The molecule has 0 spiro atoms. The number of hydrogen-bond donors (Lipinski definition) is 0. The summed E-state index contributed by atoms with van der Waals surface area (Å²) in [6.07, 6.45) is 37.1. The van der Waals surface area contributed by atoms with Crippen molar-refractivity contribution in [3.8, 4) is 0 Å². The second kappa shape index (κ2) is 18.6. The fraction of sp³-hybridized carbons (Fsp3) is 0.861. The molecule has 0 radical (unpaired) electrons. The minimum Gasteiger partial charge on any atom is -0.748 e. The van der Waals surface area contributed by atoms with Crippen LogP contribution in [0.25, 0.3) is 0 Å². The molecule has 0 N–H and O–H groups in total. The van der Waals surface area contributed by atoms with Gasteiger partial charge in [-0.25, -0.2) is 8.42 Å². The number of rotatable bonds is 20. The first-order chi connectivity index (χ1) is 20.2. The Morgan fingerprint density at radius 2 is 1.02 bits per heavy atom. The van der Waals surface area contributed by atoms with E-state index in [-0.39, 0.29) is 0 Å². The van der Waals surface area contributed by atoms with Gasteiger partial charge in [0.05, 0.1) is 10.1 Å². The summed E-state index contributed by atoms with van der Waals surface area (Å²) in [7, 11) is -3.92. The molecule has 1 aromatic heterocycles. The summed E-state index contributed by atoms with van der Waals surface area (Å²) in [5.41, 5.74) is 1.93. The zero-order chi connectivity index (χ0) is 30.3. The van der Waals surface area contributed by atoms with E-state index in [4.69, 9.17) is 13.0 Å². The van der Waals surface area contributed by atoms with Crippen LogP contribution >= 0.6 is 0 Å². The van der Waals surface area contributed by atoms with E-state index in [9.17, 15) is 0 Å². The van der Waals surface area contributed by atoms with Crippen molar-refractivity contribution in [2.75, 3.05) is 24.2 Å². The molecule has 4 aliphatic carbocycles. The third kappa shape index (κ3) is 12.8. The number of aromatic nitrogens is 1. The Morgan fingerprint density at radius 3 is 1.38 bits per heavy atom. The summed E-state index contributed by atoms with van der Waals surface area (Å²) >= 11 is 0. The van der Waals surface area contributed by atoms with Crippen molar-refractivity contribution < 1.29 is 17.5 Å². The lowest BCUT2D eigenvalue weighted by Crippen LogP contribution is -2.64. The van der Waals surface area contributed by atoms with Crippen LogP contribution < -0.4 is 9.47 Å². The first kappa shape index (κ1) is 35.3. The van der Waals surface area contributed by atoms with Gasteiger partial charge in [0.25, 0.3) is 0 Å². The highest BCUT2D eigenvalue weighted by Gasteiger charge is 2.56. The number of pyridine rings is 1. The molecule has 5 nitrogen and oxygen atoms in total. The van der Waals surface area contributed by atoms with E-state index in [1.807, 2.05) is 0 Å². The topological polar surface area (TPSA) is 64.3 Å². The quantitative estimate of drug-likeness (QED) is 0.0846. The van der Waals surface area contributed by atoms with Crippen molar-refractivity contribution in [3.05, 3.63) is 24.5 Å². The number of unbranched alkanes of at least 4 members (excludes halogenated alkanes) is 14. The highest BCUT2D eigenvalue weighted by molar-refractivity contribution is 7.84. The van der Waals surface area contributed by atoms with E-state index in [2.05, 4.69) is 47.8 Å². The summed E-state index contributed by atoms with van der Waals surface area (Å²) in [6.45, 7) is 7.12. The van der Waals surface area contributed by atoms with Gasteiger partial charge in [0.2, 0.25) is 0 Å². The molecular formula is C36H64N2O3S. The summed E-state index contributed by atoms with van der Waals surface area (Å²) in [4.78, 5) is 2.73. The Bertz CT molecular complexity index is 899. The molecule has 4 saturated carbocycles. The van der Waals surface area contributed by atoms with Gasteiger partial charge in [-0.15, -0.1) is 0 Å². The van der Waals surface area contributed by atoms with E-state index in [0.29, 0.717) is 11.8 Å². The number of nitrogens with zero attached hydrogens (tertiary/aromatic N) is 2. The molecule has 4 aliphatic rings. The molecule has 1 aromatic rings. The standard InChI is InChI=1S/C35H61N2.CH4O3S/c1-3-5-7-9-11-13-15-17-21-36(22-18-16-14-12-10-8-6-4-2)34-19-23-37(24-20-34)35-28-31-25-32(29-35)27-33(26-31)30-35;1-5(2,3)4/h19-20,23-24,31-33H,3-18,21-22,25-30H2,1-2H3;1H3,(H,2,3,4)/q+1;/p-1. The molecule has 242 valence electrons. The number of hydrogen-bond acceptors (Lipinski definition) is 4. The molecule has 0 aliphatic heterocycles. The average Bonchev–Trinajstić information content (AvgIpc) is 2.93. The van der Waals surface area contributed by atoms with E-state index in [1.54, 1.807) is 0 Å². The van der Waals surface area contributed by atoms with Gasteiger partial charge in [-0.1, -0.05) is 104 Å². The Labute approximate surface area is 260 Å². The van der Waals surface area contributed by atoms with Crippen molar-refractivity contribution >= 4 is 15.8 Å². The monoisotopic (exact) mass is 604 g/mol. The predicted octanol–water partition coefficient (Wildman–Crippen LogP) is 9.15. The Morgan fingerprint density at radius 1 is 0.690 bits per heavy atom. The Hall–Kier alpha value is -1.14. The molecule has 5 rings (SSSR count). The van der Waals surface area contributed by atoms with Gasteiger partial charge in [0.1, 0.15) is 0 Å². The Kier molecular flexibility index (Phi) is 15.7. The van der Waals surface area contributed by atoms with Gasteiger partial charge >= 0.3 is 0 Å². The van der Waals surface area contributed by atoms with E-state index >= 15 is 0 Å². The maximum atomic E-state index is 9.08. The van der Waals surface area contributed by atoms with Crippen LogP contribution in [0.2, 0.25) is 0 Å². The van der Waals surface area contributed by atoms with E-state index in [0.717, 1.165) is 17.8 Å². The lowest BCUT2D eigenvalue weighted by atomic mass is 9.53. The van der Waals surface area contributed by atoms with Crippen molar-refractivity contribution in [3.63, 3.8) is 0 Å². The molecule has 4 bridgehead atoms. The zero-order valence-corrected chi connectivity index (χ0v) is 28.4. The van der Waals surface area contributed by atoms with Gasteiger partial charge in [-0.05, 0) is 49.9 Å². The van der Waals surface area contributed by atoms with Crippen LogP contribution in [0.1, 0.15) is 155 Å². The molecule has 0 atom stereocenters. The molecule has 6 heteroatoms. The summed E-state index contributed by atoms with van der Waals surface area (Å²) in [6, 6.07) is 4.96. The lowest BCUT2D eigenvalue weighted by Gasteiger charge is -2.53. The van der Waals surface area contributed by atoms with Crippen molar-refractivity contribution in [2.45, 2.75) is 161 Å². The van der Waals surface area contributed by atoms with Gasteiger partial charge in [0.15, 0.2) is 17.9 Å². The smallest absolute Gasteiger partial charge is 0.171 e.